The summed E-state index contributed by atoms with van der Waals surface area (Å²) in [6, 6.07) is 11.1. The number of amides is 1. The van der Waals surface area contributed by atoms with Gasteiger partial charge in [0.05, 0.1) is 5.25 Å². The van der Waals surface area contributed by atoms with Crippen LogP contribution in [0.3, 0.4) is 0 Å². The Labute approximate surface area is 126 Å². The van der Waals surface area contributed by atoms with Gasteiger partial charge in [-0.1, -0.05) is 17.7 Å². The molecule has 1 atom stereocenters. The number of carbonyl (C=O) groups excluding carboxylic acids is 1. The standard InChI is InChI=1S/C16H15F2NOS/c1-10-3-6-13(7-4-10)21-11(2)16(20)19-12-5-8-14(17)15(18)9-12/h3-9,11H,1-2H3,(H,19,20)/t11-/m0/s1. The van der Waals surface area contributed by atoms with Crippen molar-refractivity contribution < 1.29 is 13.6 Å². The quantitative estimate of drug-likeness (QED) is 0.849. The average molecular weight is 307 g/mol. The van der Waals surface area contributed by atoms with Crippen LogP contribution in [0.25, 0.3) is 0 Å². The van der Waals surface area contributed by atoms with Gasteiger partial charge in [0.25, 0.3) is 0 Å². The summed E-state index contributed by atoms with van der Waals surface area (Å²) in [6.07, 6.45) is 0. The van der Waals surface area contributed by atoms with Crippen molar-refractivity contribution in [2.24, 2.45) is 0 Å². The van der Waals surface area contributed by atoms with Gasteiger partial charge in [0.1, 0.15) is 0 Å². The van der Waals surface area contributed by atoms with Crippen molar-refractivity contribution in [1.82, 2.24) is 0 Å². The van der Waals surface area contributed by atoms with Crippen molar-refractivity contribution >= 4 is 23.4 Å². The van der Waals surface area contributed by atoms with Crippen LogP contribution < -0.4 is 5.32 Å². The molecular weight excluding hydrogens is 292 g/mol. The summed E-state index contributed by atoms with van der Waals surface area (Å²) in [5.74, 6) is -2.17. The third kappa shape index (κ3) is 4.29. The average Bonchev–Trinajstić information content (AvgIpc) is 2.45. The molecule has 21 heavy (non-hydrogen) atoms. The molecule has 0 radical (unpaired) electrons. The van der Waals surface area contributed by atoms with Crippen LogP contribution >= 0.6 is 11.8 Å². The fourth-order valence-corrected chi connectivity index (χ4v) is 2.56. The van der Waals surface area contributed by atoms with Crippen LogP contribution in [0.5, 0.6) is 0 Å². The molecule has 2 rings (SSSR count). The van der Waals surface area contributed by atoms with Crippen molar-refractivity contribution in [2.45, 2.75) is 24.0 Å². The predicted octanol–water partition coefficient (Wildman–Crippen LogP) is 4.39. The van der Waals surface area contributed by atoms with E-state index in [0.29, 0.717) is 0 Å². The number of hydrogen-bond donors (Lipinski definition) is 1. The summed E-state index contributed by atoms with van der Waals surface area (Å²) in [5.41, 5.74) is 1.40. The molecule has 1 N–H and O–H groups in total. The van der Waals surface area contributed by atoms with Crippen LogP contribution in [0.1, 0.15) is 12.5 Å². The fraction of sp³-hybridized carbons (Fsp3) is 0.188. The second-order valence-corrected chi connectivity index (χ2v) is 6.11. The summed E-state index contributed by atoms with van der Waals surface area (Å²) in [6.45, 7) is 3.76. The Balaban J connectivity index is 1.98. The lowest BCUT2D eigenvalue weighted by Gasteiger charge is -2.12. The number of aryl methyl sites for hydroxylation is 1. The molecule has 0 fully saturated rings. The lowest BCUT2D eigenvalue weighted by molar-refractivity contribution is -0.115. The van der Waals surface area contributed by atoms with Gasteiger partial charge in [-0.25, -0.2) is 8.78 Å². The van der Waals surface area contributed by atoms with Gasteiger partial charge in [-0.15, -0.1) is 11.8 Å². The van der Waals surface area contributed by atoms with Crippen molar-refractivity contribution in [1.29, 1.82) is 0 Å². The Kier molecular flexibility index (Phi) is 4.96. The molecular formula is C16H15F2NOS. The van der Waals surface area contributed by atoms with Gasteiger partial charge in [0.15, 0.2) is 11.6 Å². The fourth-order valence-electron chi connectivity index (χ4n) is 1.69. The van der Waals surface area contributed by atoms with Gasteiger partial charge in [-0.05, 0) is 38.1 Å². The van der Waals surface area contributed by atoms with E-state index in [1.807, 2.05) is 31.2 Å². The molecule has 0 bridgehead atoms. The smallest absolute Gasteiger partial charge is 0.237 e. The molecule has 0 spiro atoms. The van der Waals surface area contributed by atoms with Crippen molar-refractivity contribution in [3.63, 3.8) is 0 Å². The van der Waals surface area contributed by atoms with E-state index in [4.69, 9.17) is 0 Å². The number of halogens is 2. The molecule has 2 aromatic carbocycles. The van der Waals surface area contributed by atoms with Crippen LogP contribution in [-0.2, 0) is 4.79 Å². The number of thioether (sulfide) groups is 1. The van der Waals surface area contributed by atoms with E-state index >= 15 is 0 Å². The minimum absolute atomic E-state index is 0.246. The maximum atomic E-state index is 13.1. The maximum absolute atomic E-state index is 13.1. The number of rotatable bonds is 4. The molecule has 0 aromatic heterocycles. The highest BCUT2D eigenvalue weighted by molar-refractivity contribution is 8.00. The molecule has 2 nitrogen and oxygen atoms in total. The Morgan fingerprint density at radius 2 is 1.76 bits per heavy atom. The van der Waals surface area contributed by atoms with Gasteiger partial charge in [-0.2, -0.15) is 0 Å². The van der Waals surface area contributed by atoms with Crippen molar-refractivity contribution in [2.75, 3.05) is 5.32 Å². The monoisotopic (exact) mass is 307 g/mol. The summed E-state index contributed by atoms with van der Waals surface area (Å²) < 4.78 is 25.9. The molecule has 0 aliphatic carbocycles. The molecule has 2 aromatic rings. The van der Waals surface area contributed by atoms with E-state index in [1.165, 1.54) is 17.8 Å². The van der Waals surface area contributed by atoms with Crippen LogP contribution in [-0.4, -0.2) is 11.2 Å². The third-order valence-electron chi connectivity index (χ3n) is 2.89. The number of hydrogen-bond acceptors (Lipinski definition) is 2. The summed E-state index contributed by atoms with van der Waals surface area (Å²) >= 11 is 1.41. The molecule has 0 heterocycles. The normalized spacial score (nSPS) is 12.0. The zero-order chi connectivity index (χ0) is 15.4. The van der Waals surface area contributed by atoms with E-state index in [-0.39, 0.29) is 16.8 Å². The summed E-state index contributed by atoms with van der Waals surface area (Å²) in [5, 5.41) is 2.23. The Morgan fingerprint density at radius 1 is 1.10 bits per heavy atom. The number of nitrogens with one attached hydrogen (secondary N) is 1. The van der Waals surface area contributed by atoms with Gasteiger partial charge in [-0.3, -0.25) is 4.79 Å². The minimum Gasteiger partial charge on any atom is -0.325 e. The highest BCUT2D eigenvalue weighted by Gasteiger charge is 2.15. The van der Waals surface area contributed by atoms with E-state index < -0.39 is 11.6 Å². The van der Waals surface area contributed by atoms with E-state index in [9.17, 15) is 13.6 Å². The van der Waals surface area contributed by atoms with Gasteiger partial charge in [0.2, 0.25) is 5.91 Å². The topological polar surface area (TPSA) is 29.1 Å². The Bertz CT molecular complexity index is 643. The molecule has 1 amide bonds. The number of anilines is 1. The molecule has 0 saturated carbocycles. The first-order chi connectivity index (χ1) is 9.95. The minimum atomic E-state index is -0.980. The zero-order valence-electron chi connectivity index (χ0n) is 11.7. The second-order valence-electron chi connectivity index (χ2n) is 4.69. The molecule has 0 unspecified atom stereocenters. The van der Waals surface area contributed by atoms with Gasteiger partial charge in [0, 0.05) is 16.6 Å². The SMILES string of the molecule is Cc1ccc(S[C@@H](C)C(=O)Nc2ccc(F)c(F)c2)cc1. The van der Waals surface area contributed by atoms with E-state index in [2.05, 4.69) is 5.32 Å². The van der Waals surface area contributed by atoms with E-state index in [0.717, 1.165) is 22.6 Å². The maximum Gasteiger partial charge on any atom is 0.237 e. The third-order valence-corrected chi connectivity index (χ3v) is 4.00. The summed E-state index contributed by atoms with van der Waals surface area (Å²) in [7, 11) is 0. The van der Waals surface area contributed by atoms with E-state index in [1.54, 1.807) is 6.92 Å². The van der Waals surface area contributed by atoms with Crippen LogP contribution in [0, 0.1) is 18.6 Å². The molecule has 0 aliphatic heterocycles. The Morgan fingerprint density at radius 3 is 2.38 bits per heavy atom. The van der Waals surface area contributed by atoms with Crippen molar-refractivity contribution in [3.8, 4) is 0 Å². The number of carbonyl (C=O) groups is 1. The predicted molar refractivity (Wildman–Crippen MR) is 81.5 cm³/mol. The lowest BCUT2D eigenvalue weighted by atomic mass is 10.2. The van der Waals surface area contributed by atoms with Gasteiger partial charge >= 0.3 is 0 Å². The first kappa shape index (κ1) is 15.5. The molecule has 110 valence electrons. The molecule has 0 aliphatic rings. The van der Waals surface area contributed by atoms with Crippen LogP contribution in [0.4, 0.5) is 14.5 Å². The lowest BCUT2D eigenvalue weighted by Crippen LogP contribution is -2.22. The first-order valence-electron chi connectivity index (χ1n) is 6.45. The van der Waals surface area contributed by atoms with Gasteiger partial charge < -0.3 is 5.32 Å². The molecule has 5 heteroatoms. The highest BCUT2D eigenvalue weighted by atomic mass is 32.2. The number of benzene rings is 2. The molecule has 0 saturated heterocycles. The van der Waals surface area contributed by atoms with Crippen molar-refractivity contribution in [3.05, 3.63) is 59.7 Å². The van der Waals surface area contributed by atoms with Crippen LogP contribution in [0.15, 0.2) is 47.4 Å². The Hall–Kier alpha value is -1.88. The summed E-state index contributed by atoms with van der Waals surface area (Å²) in [4.78, 5) is 13.0. The first-order valence-corrected chi connectivity index (χ1v) is 7.33. The largest absolute Gasteiger partial charge is 0.325 e. The van der Waals surface area contributed by atoms with Crippen LogP contribution in [0.2, 0.25) is 0 Å². The zero-order valence-corrected chi connectivity index (χ0v) is 12.5. The highest BCUT2D eigenvalue weighted by Crippen LogP contribution is 2.24. The second kappa shape index (κ2) is 6.72.